The van der Waals surface area contributed by atoms with Crippen LogP contribution < -0.4 is 0 Å². The molecule has 6 nitrogen and oxygen atoms in total. The van der Waals surface area contributed by atoms with Gasteiger partial charge in [0.1, 0.15) is 5.82 Å². The largest absolute Gasteiger partial charge is 0.298 e. The van der Waals surface area contributed by atoms with Crippen LogP contribution in [0.5, 0.6) is 0 Å². The van der Waals surface area contributed by atoms with E-state index in [9.17, 15) is 4.79 Å². The van der Waals surface area contributed by atoms with Gasteiger partial charge in [-0.15, -0.1) is 0 Å². The van der Waals surface area contributed by atoms with Crippen LogP contribution in [0, 0.1) is 0 Å². The Morgan fingerprint density at radius 2 is 2.15 bits per heavy atom. The van der Waals surface area contributed by atoms with Crippen molar-refractivity contribution < 1.29 is 4.79 Å². The summed E-state index contributed by atoms with van der Waals surface area (Å²) in [5, 5.41) is 5.19. The fraction of sp³-hybridized carbons (Fsp3) is 0.400. The van der Waals surface area contributed by atoms with E-state index in [1.165, 1.54) is 12.8 Å². The van der Waals surface area contributed by atoms with Crippen LogP contribution in [0.1, 0.15) is 25.6 Å². The highest BCUT2D eigenvalue weighted by Gasteiger charge is 2.22. The normalized spacial score (nSPS) is 17.8. The maximum absolute atomic E-state index is 12.4. The molecule has 1 fully saturated rings. The number of rotatable bonds is 5. The topological polar surface area (TPSA) is 63.9 Å². The average molecular weight is 349 g/mol. The number of hydrogen-bond donors (Lipinski definition) is 0. The lowest BCUT2D eigenvalue weighted by atomic mass is 10.1. The first-order valence-electron chi connectivity index (χ1n) is 9.09. The number of fused-ring (bicyclic) bond motifs is 1. The first-order chi connectivity index (χ1) is 12.6. The van der Waals surface area contributed by atoms with Crippen molar-refractivity contribution >= 4 is 16.7 Å². The third-order valence-corrected chi connectivity index (χ3v) is 5.10. The second kappa shape index (κ2) is 6.96. The van der Waals surface area contributed by atoms with Gasteiger partial charge in [-0.25, -0.2) is 9.97 Å². The summed E-state index contributed by atoms with van der Waals surface area (Å²) in [5.74, 6) is 0.777. The second-order valence-electron chi connectivity index (χ2n) is 7.14. The van der Waals surface area contributed by atoms with Crippen LogP contribution in [0.3, 0.4) is 0 Å². The zero-order valence-corrected chi connectivity index (χ0v) is 15.2. The summed E-state index contributed by atoms with van der Waals surface area (Å²) < 4.78 is 1.78. The number of carbonyl (C=O) groups excluding carboxylic acids is 1. The Morgan fingerprint density at radius 3 is 2.88 bits per heavy atom. The minimum atomic E-state index is 0.182. The number of aromatic nitrogens is 4. The number of Topliss-reactive ketones (excluding diaryl/α,β-unsaturated/α-hetero) is 1. The Kier molecular flexibility index (Phi) is 4.51. The molecular formula is C20H23N5O. The monoisotopic (exact) mass is 349 g/mol. The summed E-state index contributed by atoms with van der Waals surface area (Å²) in [5.41, 5.74) is 2.97. The zero-order valence-electron chi connectivity index (χ0n) is 15.2. The number of benzene rings is 1. The fourth-order valence-corrected chi connectivity index (χ4v) is 3.58. The van der Waals surface area contributed by atoms with Crippen LogP contribution in [-0.4, -0.2) is 49.6 Å². The molecule has 1 aliphatic rings. The summed E-state index contributed by atoms with van der Waals surface area (Å²) >= 11 is 0. The van der Waals surface area contributed by atoms with E-state index in [1.807, 2.05) is 37.6 Å². The molecule has 1 aliphatic heterocycles. The number of ketones is 1. The maximum Gasteiger partial charge on any atom is 0.154 e. The van der Waals surface area contributed by atoms with Crippen molar-refractivity contribution in [3.05, 3.63) is 42.6 Å². The van der Waals surface area contributed by atoms with Crippen LogP contribution in [-0.2, 0) is 18.3 Å². The van der Waals surface area contributed by atoms with Crippen molar-refractivity contribution in [1.82, 2.24) is 24.6 Å². The second-order valence-corrected chi connectivity index (χ2v) is 7.14. The molecule has 0 unspecified atom stereocenters. The summed E-state index contributed by atoms with van der Waals surface area (Å²) in [4.78, 5) is 23.7. The predicted octanol–water partition coefficient (Wildman–Crippen LogP) is 2.63. The van der Waals surface area contributed by atoms with Gasteiger partial charge < -0.3 is 0 Å². The van der Waals surface area contributed by atoms with Gasteiger partial charge in [0.15, 0.2) is 5.78 Å². The molecule has 134 valence electrons. The molecule has 1 aromatic carbocycles. The highest BCUT2D eigenvalue weighted by atomic mass is 16.1. The van der Waals surface area contributed by atoms with Gasteiger partial charge in [0, 0.05) is 36.4 Å². The van der Waals surface area contributed by atoms with Crippen LogP contribution in [0.15, 0.2) is 36.8 Å². The number of carbonyl (C=O) groups is 1. The summed E-state index contributed by atoms with van der Waals surface area (Å²) in [6.45, 7) is 3.70. The molecule has 0 aliphatic carbocycles. The molecule has 0 saturated carbocycles. The highest BCUT2D eigenvalue weighted by Crippen LogP contribution is 2.23. The first-order valence-corrected chi connectivity index (χ1v) is 9.09. The molecule has 0 radical (unpaired) electrons. The Labute approximate surface area is 152 Å². The van der Waals surface area contributed by atoms with Crippen LogP contribution in [0.2, 0.25) is 0 Å². The molecular weight excluding hydrogens is 326 g/mol. The minimum Gasteiger partial charge on any atom is -0.298 e. The molecule has 4 rings (SSSR count). The van der Waals surface area contributed by atoms with Crippen molar-refractivity contribution in [2.24, 2.45) is 7.05 Å². The lowest BCUT2D eigenvalue weighted by Crippen LogP contribution is -2.33. The predicted molar refractivity (Wildman–Crippen MR) is 101 cm³/mol. The smallest absolute Gasteiger partial charge is 0.154 e. The van der Waals surface area contributed by atoms with Crippen molar-refractivity contribution in [2.45, 2.75) is 32.2 Å². The van der Waals surface area contributed by atoms with E-state index in [4.69, 9.17) is 0 Å². The van der Waals surface area contributed by atoms with Gasteiger partial charge in [0.05, 0.1) is 24.7 Å². The molecule has 1 atom stereocenters. The molecule has 0 bridgehead atoms. The van der Waals surface area contributed by atoms with Gasteiger partial charge in [-0.2, -0.15) is 5.10 Å². The van der Waals surface area contributed by atoms with E-state index in [0.29, 0.717) is 18.4 Å². The molecule has 2 aromatic heterocycles. The zero-order chi connectivity index (χ0) is 18.1. The highest BCUT2D eigenvalue weighted by molar-refractivity contribution is 5.85. The number of hydrogen-bond acceptors (Lipinski definition) is 5. The summed E-state index contributed by atoms with van der Waals surface area (Å²) in [6, 6.07) is 6.58. The summed E-state index contributed by atoms with van der Waals surface area (Å²) in [6.07, 6.45) is 8.26. The van der Waals surface area contributed by atoms with Crippen molar-refractivity contribution in [1.29, 1.82) is 0 Å². The molecule has 6 heteroatoms. The van der Waals surface area contributed by atoms with Crippen LogP contribution in [0.4, 0.5) is 0 Å². The van der Waals surface area contributed by atoms with E-state index in [-0.39, 0.29) is 12.2 Å². The number of likely N-dealkylation sites (tertiary alicyclic amines) is 1. The molecule has 0 spiro atoms. The number of aryl methyl sites for hydroxylation is 1. The maximum atomic E-state index is 12.4. The third kappa shape index (κ3) is 3.51. The standard InChI is InChI=1S/C20H23N5O/c1-14-4-3-7-25(14)13-18(26)9-20-21-10-16-6-5-15(8-19(16)23-20)17-11-22-24(2)12-17/h5-6,8,10-12,14H,3-4,7,9,13H2,1-2H3/t14-/m0/s1. The van der Waals surface area contributed by atoms with Crippen LogP contribution in [0.25, 0.3) is 22.0 Å². The Morgan fingerprint density at radius 1 is 1.27 bits per heavy atom. The van der Waals surface area contributed by atoms with E-state index in [2.05, 4.69) is 26.9 Å². The van der Waals surface area contributed by atoms with Gasteiger partial charge in [-0.05, 0) is 37.9 Å². The molecule has 3 aromatic rings. The average Bonchev–Trinajstić information content (AvgIpc) is 3.23. The molecule has 0 amide bonds. The lowest BCUT2D eigenvalue weighted by molar-refractivity contribution is -0.119. The van der Waals surface area contributed by atoms with Gasteiger partial charge >= 0.3 is 0 Å². The van der Waals surface area contributed by atoms with E-state index < -0.39 is 0 Å². The van der Waals surface area contributed by atoms with Gasteiger partial charge in [-0.1, -0.05) is 12.1 Å². The van der Waals surface area contributed by atoms with Gasteiger partial charge in [0.25, 0.3) is 0 Å². The Bertz CT molecular complexity index is 948. The first kappa shape index (κ1) is 16.8. The Hall–Kier alpha value is -2.60. The number of nitrogens with zero attached hydrogens (tertiary/aromatic N) is 5. The SMILES string of the molecule is C[C@H]1CCCN1CC(=O)Cc1ncc2ccc(-c3cnn(C)c3)cc2n1. The molecule has 1 saturated heterocycles. The van der Waals surface area contributed by atoms with Crippen molar-refractivity contribution in [3.8, 4) is 11.1 Å². The Balaban J connectivity index is 1.53. The minimum absolute atomic E-state index is 0.182. The van der Waals surface area contributed by atoms with E-state index >= 15 is 0 Å². The van der Waals surface area contributed by atoms with Crippen molar-refractivity contribution in [2.75, 3.05) is 13.1 Å². The van der Waals surface area contributed by atoms with E-state index in [0.717, 1.165) is 28.6 Å². The van der Waals surface area contributed by atoms with E-state index in [1.54, 1.807) is 10.9 Å². The quantitative estimate of drug-likeness (QED) is 0.708. The fourth-order valence-electron chi connectivity index (χ4n) is 3.58. The molecule has 26 heavy (non-hydrogen) atoms. The molecule has 0 N–H and O–H groups in total. The van der Waals surface area contributed by atoms with Gasteiger partial charge in [0.2, 0.25) is 0 Å². The third-order valence-electron chi connectivity index (χ3n) is 5.10. The molecule has 3 heterocycles. The summed E-state index contributed by atoms with van der Waals surface area (Å²) in [7, 11) is 1.90. The lowest BCUT2D eigenvalue weighted by Gasteiger charge is -2.19. The van der Waals surface area contributed by atoms with Crippen LogP contribution >= 0.6 is 0 Å². The van der Waals surface area contributed by atoms with Crippen molar-refractivity contribution in [3.63, 3.8) is 0 Å². The van der Waals surface area contributed by atoms with Gasteiger partial charge in [-0.3, -0.25) is 14.4 Å².